The van der Waals surface area contributed by atoms with E-state index in [9.17, 15) is 5.11 Å². The van der Waals surface area contributed by atoms with Crippen LogP contribution in [0.5, 0.6) is 0 Å². The summed E-state index contributed by atoms with van der Waals surface area (Å²) in [5, 5.41) is 12.9. The van der Waals surface area contributed by atoms with Gasteiger partial charge in [-0.15, -0.1) is 0 Å². The van der Waals surface area contributed by atoms with Gasteiger partial charge in [0, 0.05) is 13.7 Å². The fourth-order valence-corrected chi connectivity index (χ4v) is 2.14. The number of methoxy groups -OCH3 is 1. The Bertz CT molecular complexity index is 496. The lowest BCUT2D eigenvalue weighted by atomic mass is 10.1. The summed E-state index contributed by atoms with van der Waals surface area (Å²) in [6, 6.07) is 18.3. The molecule has 0 heterocycles. The predicted molar refractivity (Wildman–Crippen MR) is 80.3 cm³/mol. The van der Waals surface area contributed by atoms with Gasteiger partial charge in [0.2, 0.25) is 0 Å². The highest BCUT2D eigenvalue weighted by atomic mass is 16.5. The molecule has 3 nitrogen and oxygen atoms in total. The van der Waals surface area contributed by atoms with E-state index in [1.54, 1.807) is 7.11 Å². The van der Waals surface area contributed by atoms with Gasteiger partial charge in [0.1, 0.15) is 0 Å². The predicted octanol–water partition coefficient (Wildman–Crippen LogP) is 2.66. The molecular weight excluding hydrogens is 250 g/mol. The first-order valence-electron chi connectivity index (χ1n) is 6.79. The fourth-order valence-electron chi connectivity index (χ4n) is 2.14. The highest BCUT2D eigenvalue weighted by Crippen LogP contribution is 2.15. The molecule has 2 rings (SSSR count). The zero-order valence-electron chi connectivity index (χ0n) is 11.8. The second-order valence-electron chi connectivity index (χ2n) is 4.78. The van der Waals surface area contributed by atoms with Crippen LogP contribution in [0.25, 0.3) is 0 Å². The summed E-state index contributed by atoms with van der Waals surface area (Å²) in [7, 11) is 1.69. The van der Waals surface area contributed by atoms with Crippen LogP contribution in [0.1, 0.15) is 22.7 Å². The third-order valence-electron chi connectivity index (χ3n) is 3.27. The van der Waals surface area contributed by atoms with E-state index < -0.39 is 0 Å². The Morgan fingerprint density at radius 2 is 1.70 bits per heavy atom. The lowest BCUT2D eigenvalue weighted by Gasteiger charge is -2.17. The molecule has 0 radical (unpaired) electrons. The summed E-state index contributed by atoms with van der Waals surface area (Å²) in [4.78, 5) is 0. The van der Waals surface area contributed by atoms with Crippen LogP contribution in [0.15, 0.2) is 54.6 Å². The van der Waals surface area contributed by atoms with Gasteiger partial charge in [-0.2, -0.15) is 0 Å². The number of benzene rings is 2. The van der Waals surface area contributed by atoms with Gasteiger partial charge in [0.15, 0.2) is 0 Å². The maximum absolute atomic E-state index is 9.54. The summed E-state index contributed by atoms with van der Waals surface area (Å²) in [6.45, 7) is 1.43. The minimum atomic E-state index is -0.0493. The molecule has 1 atom stereocenters. The lowest BCUT2D eigenvalue weighted by Crippen LogP contribution is -2.23. The summed E-state index contributed by atoms with van der Waals surface area (Å²) in [5.41, 5.74) is 3.43. The van der Waals surface area contributed by atoms with Crippen molar-refractivity contribution in [1.82, 2.24) is 5.32 Å². The topological polar surface area (TPSA) is 41.5 Å². The van der Waals surface area contributed by atoms with Crippen LogP contribution in [-0.4, -0.2) is 18.8 Å². The van der Waals surface area contributed by atoms with Crippen molar-refractivity contribution < 1.29 is 9.84 Å². The van der Waals surface area contributed by atoms with Gasteiger partial charge in [0.25, 0.3) is 0 Å². The zero-order valence-corrected chi connectivity index (χ0v) is 11.8. The Morgan fingerprint density at radius 3 is 2.30 bits per heavy atom. The van der Waals surface area contributed by atoms with Gasteiger partial charge in [-0.3, -0.25) is 0 Å². The normalized spacial score (nSPS) is 12.3. The average molecular weight is 271 g/mol. The third kappa shape index (κ3) is 4.17. The smallest absolute Gasteiger partial charge is 0.0713 e. The van der Waals surface area contributed by atoms with Crippen LogP contribution in [0.3, 0.4) is 0 Å². The third-order valence-corrected chi connectivity index (χ3v) is 3.27. The lowest BCUT2D eigenvalue weighted by molar-refractivity contribution is 0.185. The number of nitrogens with one attached hydrogen (secondary N) is 1. The largest absolute Gasteiger partial charge is 0.394 e. The number of aliphatic hydroxyl groups is 1. The number of rotatable bonds is 7. The van der Waals surface area contributed by atoms with Gasteiger partial charge in [-0.25, -0.2) is 0 Å². The first-order chi connectivity index (χ1) is 9.83. The van der Waals surface area contributed by atoms with E-state index in [0.29, 0.717) is 6.61 Å². The first-order valence-corrected chi connectivity index (χ1v) is 6.79. The van der Waals surface area contributed by atoms with Crippen molar-refractivity contribution in [3.8, 4) is 0 Å². The number of hydrogen-bond donors (Lipinski definition) is 2. The number of aliphatic hydroxyl groups excluding tert-OH is 1. The van der Waals surface area contributed by atoms with Crippen molar-refractivity contribution in [2.75, 3.05) is 13.7 Å². The molecule has 0 aromatic heterocycles. The molecule has 2 aromatic rings. The first kappa shape index (κ1) is 14.7. The molecule has 1 unspecified atom stereocenters. The van der Waals surface area contributed by atoms with Gasteiger partial charge in [-0.1, -0.05) is 54.6 Å². The molecule has 0 aliphatic carbocycles. The monoisotopic (exact) mass is 271 g/mol. The molecule has 2 N–H and O–H groups in total. The maximum atomic E-state index is 9.54. The van der Waals surface area contributed by atoms with Crippen molar-refractivity contribution in [3.63, 3.8) is 0 Å². The molecule has 0 aliphatic heterocycles. The van der Waals surface area contributed by atoms with Gasteiger partial charge in [0.05, 0.1) is 19.3 Å². The van der Waals surface area contributed by atoms with Crippen LogP contribution >= 0.6 is 0 Å². The van der Waals surface area contributed by atoms with Crippen LogP contribution in [0.4, 0.5) is 0 Å². The van der Waals surface area contributed by atoms with E-state index in [0.717, 1.165) is 17.7 Å². The summed E-state index contributed by atoms with van der Waals surface area (Å²) >= 11 is 0. The second kappa shape index (κ2) is 7.80. The highest BCUT2D eigenvalue weighted by molar-refractivity contribution is 5.25. The molecule has 0 spiro atoms. The molecule has 106 valence electrons. The minimum absolute atomic E-state index is 0.0493. The maximum Gasteiger partial charge on any atom is 0.0713 e. The van der Waals surface area contributed by atoms with Gasteiger partial charge < -0.3 is 15.2 Å². The SMILES string of the molecule is COCc1ccc(C(CO)NCc2ccccc2)cc1. The molecule has 0 fully saturated rings. The Balaban J connectivity index is 1.97. The summed E-state index contributed by atoms with van der Waals surface area (Å²) < 4.78 is 5.09. The molecule has 3 heteroatoms. The van der Waals surface area contributed by atoms with Crippen LogP contribution in [0, 0.1) is 0 Å². The van der Waals surface area contributed by atoms with Crippen LogP contribution in [-0.2, 0) is 17.9 Å². The molecule has 0 aliphatic rings. The summed E-state index contributed by atoms with van der Waals surface area (Å²) in [6.07, 6.45) is 0. The van der Waals surface area contributed by atoms with E-state index in [2.05, 4.69) is 17.4 Å². The Hall–Kier alpha value is -1.68. The van der Waals surface area contributed by atoms with E-state index in [1.807, 2.05) is 42.5 Å². The molecular formula is C17H21NO2. The van der Waals surface area contributed by atoms with E-state index in [-0.39, 0.29) is 12.6 Å². The van der Waals surface area contributed by atoms with Crippen molar-refractivity contribution in [3.05, 3.63) is 71.3 Å². The molecule has 0 bridgehead atoms. The highest BCUT2D eigenvalue weighted by Gasteiger charge is 2.09. The standard InChI is InChI=1S/C17H21NO2/c1-20-13-15-7-9-16(10-8-15)17(12-19)18-11-14-5-3-2-4-6-14/h2-10,17-19H,11-13H2,1H3. The van der Waals surface area contributed by atoms with E-state index >= 15 is 0 Å². The molecule has 0 amide bonds. The Morgan fingerprint density at radius 1 is 1.00 bits per heavy atom. The quantitative estimate of drug-likeness (QED) is 0.813. The number of ether oxygens (including phenoxy) is 1. The molecule has 0 saturated heterocycles. The minimum Gasteiger partial charge on any atom is -0.394 e. The van der Waals surface area contributed by atoms with Crippen molar-refractivity contribution in [2.45, 2.75) is 19.2 Å². The molecule has 0 saturated carbocycles. The Labute approximate surface area is 120 Å². The second-order valence-corrected chi connectivity index (χ2v) is 4.78. The number of hydrogen-bond acceptors (Lipinski definition) is 3. The van der Waals surface area contributed by atoms with Crippen LogP contribution < -0.4 is 5.32 Å². The van der Waals surface area contributed by atoms with Gasteiger partial charge in [-0.05, 0) is 16.7 Å². The van der Waals surface area contributed by atoms with E-state index in [1.165, 1.54) is 5.56 Å². The van der Waals surface area contributed by atoms with Crippen molar-refractivity contribution >= 4 is 0 Å². The Kier molecular flexibility index (Phi) is 5.74. The van der Waals surface area contributed by atoms with Crippen molar-refractivity contribution in [1.29, 1.82) is 0 Å². The molecule has 20 heavy (non-hydrogen) atoms. The average Bonchev–Trinajstić information content (AvgIpc) is 2.51. The van der Waals surface area contributed by atoms with Crippen LogP contribution in [0.2, 0.25) is 0 Å². The van der Waals surface area contributed by atoms with Gasteiger partial charge >= 0.3 is 0 Å². The molecule has 2 aromatic carbocycles. The van der Waals surface area contributed by atoms with E-state index in [4.69, 9.17) is 4.74 Å². The summed E-state index contributed by atoms with van der Waals surface area (Å²) in [5.74, 6) is 0. The zero-order chi connectivity index (χ0) is 14.2. The fraction of sp³-hybridized carbons (Fsp3) is 0.294. The van der Waals surface area contributed by atoms with Crippen molar-refractivity contribution in [2.24, 2.45) is 0 Å².